The van der Waals surface area contributed by atoms with Gasteiger partial charge >= 0.3 is 0 Å². The SMILES string of the molecule is CC(=O)/C(N=Nc1ccc(Cl)cc1)=C(/C)O[Si](C)(C)C. The lowest BCUT2D eigenvalue weighted by Crippen LogP contribution is -2.25. The van der Waals surface area contributed by atoms with E-state index in [4.69, 9.17) is 16.0 Å². The third-order valence-electron chi connectivity index (χ3n) is 2.22. The molecular formula is C14H19ClN2O2Si. The average Bonchev–Trinajstić information content (AvgIpc) is 2.29. The van der Waals surface area contributed by atoms with Crippen molar-refractivity contribution in [2.24, 2.45) is 10.2 Å². The number of carbonyl (C=O) groups is 1. The first-order chi connectivity index (χ1) is 9.19. The molecule has 0 spiro atoms. The minimum Gasteiger partial charge on any atom is -0.546 e. The summed E-state index contributed by atoms with van der Waals surface area (Å²) in [5, 5.41) is 8.69. The van der Waals surface area contributed by atoms with Crippen molar-refractivity contribution in [3.63, 3.8) is 0 Å². The number of rotatable bonds is 5. The van der Waals surface area contributed by atoms with Crippen LogP contribution in [0.25, 0.3) is 0 Å². The van der Waals surface area contributed by atoms with Gasteiger partial charge in [0, 0.05) is 11.9 Å². The third-order valence-corrected chi connectivity index (χ3v) is 3.39. The first-order valence-corrected chi connectivity index (χ1v) is 10.1. The topological polar surface area (TPSA) is 51.0 Å². The Labute approximate surface area is 125 Å². The zero-order valence-electron chi connectivity index (χ0n) is 12.4. The Morgan fingerprint density at radius 3 is 2.15 bits per heavy atom. The first-order valence-electron chi connectivity index (χ1n) is 6.27. The van der Waals surface area contributed by atoms with Gasteiger partial charge in [0.2, 0.25) is 8.32 Å². The summed E-state index contributed by atoms with van der Waals surface area (Å²) in [5.41, 5.74) is 0.885. The minimum absolute atomic E-state index is 0.168. The van der Waals surface area contributed by atoms with Crippen LogP contribution in [-0.4, -0.2) is 14.1 Å². The maximum Gasteiger partial charge on any atom is 0.241 e. The van der Waals surface area contributed by atoms with Crippen LogP contribution in [0.4, 0.5) is 5.69 Å². The van der Waals surface area contributed by atoms with Crippen LogP contribution in [0.15, 0.2) is 46.0 Å². The van der Waals surface area contributed by atoms with Crippen LogP contribution in [0.2, 0.25) is 24.7 Å². The van der Waals surface area contributed by atoms with Gasteiger partial charge in [-0.05, 0) is 50.8 Å². The summed E-state index contributed by atoms with van der Waals surface area (Å²) in [6.45, 7) is 9.34. The number of allylic oxidation sites excluding steroid dienone is 2. The molecule has 108 valence electrons. The van der Waals surface area contributed by atoms with Gasteiger partial charge < -0.3 is 4.43 Å². The van der Waals surface area contributed by atoms with Crippen molar-refractivity contribution in [2.45, 2.75) is 33.5 Å². The molecule has 6 heteroatoms. The second-order valence-corrected chi connectivity index (χ2v) is 10.2. The fourth-order valence-corrected chi connectivity index (χ4v) is 2.65. The molecule has 20 heavy (non-hydrogen) atoms. The number of hydrogen-bond acceptors (Lipinski definition) is 4. The van der Waals surface area contributed by atoms with E-state index in [-0.39, 0.29) is 11.5 Å². The van der Waals surface area contributed by atoms with Crippen LogP contribution in [0.5, 0.6) is 0 Å². The van der Waals surface area contributed by atoms with E-state index in [9.17, 15) is 4.79 Å². The molecule has 0 saturated heterocycles. The highest BCUT2D eigenvalue weighted by atomic mass is 35.5. The lowest BCUT2D eigenvalue weighted by molar-refractivity contribution is -0.113. The number of ketones is 1. The molecule has 0 heterocycles. The van der Waals surface area contributed by atoms with Gasteiger partial charge in [-0.2, -0.15) is 5.11 Å². The summed E-state index contributed by atoms with van der Waals surface area (Å²) >= 11 is 5.80. The molecule has 4 nitrogen and oxygen atoms in total. The number of carbonyl (C=O) groups excluding carboxylic acids is 1. The highest BCUT2D eigenvalue weighted by Crippen LogP contribution is 2.20. The van der Waals surface area contributed by atoms with E-state index >= 15 is 0 Å². The Morgan fingerprint density at radius 2 is 1.70 bits per heavy atom. The maximum atomic E-state index is 11.6. The number of azo groups is 1. The van der Waals surface area contributed by atoms with Crippen LogP contribution < -0.4 is 0 Å². The molecule has 0 aliphatic carbocycles. The van der Waals surface area contributed by atoms with Gasteiger partial charge in [-0.15, -0.1) is 5.11 Å². The molecule has 0 aromatic heterocycles. The van der Waals surface area contributed by atoms with Crippen molar-refractivity contribution in [3.05, 3.63) is 40.7 Å². The van der Waals surface area contributed by atoms with Crippen molar-refractivity contribution in [1.29, 1.82) is 0 Å². The quantitative estimate of drug-likeness (QED) is 0.329. The number of nitrogens with zero attached hydrogens (tertiary/aromatic N) is 2. The Kier molecular flexibility index (Phi) is 5.65. The molecule has 0 bridgehead atoms. The normalized spacial score (nSPS) is 13.3. The molecule has 1 aromatic carbocycles. The fraction of sp³-hybridized carbons (Fsp3) is 0.357. The van der Waals surface area contributed by atoms with Gasteiger partial charge in [0.15, 0.2) is 11.5 Å². The molecule has 0 aliphatic rings. The predicted molar refractivity (Wildman–Crippen MR) is 83.8 cm³/mol. The number of halogens is 1. The Balaban J connectivity index is 3.01. The number of hydrogen-bond donors (Lipinski definition) is 0. The lowest BCUT2D eigenvalue weighted by atomic mass is 10.3. The summed E-state index contributed by atoms with van der Waals surface area (Å²) in [5.74, 6) is 0.354. The monoisotopic (exact) mass is 310 g/mol. The molecule has 0 unspecified atom stereocenters. The minimum atomic E-state index is -1.77. The molecule has 0 radical (unpaired) electrons. The highest BCUT2D eigenvalue weighted by Gasteiger charge is 2.19. The molecular weight excluding hydrogens is 292 g/mol. The third kappa shape index (κ3) is 5.67. The van der Waals surface area contributed by atoms with Crippen molar-refractivity contribution in [1.82, 2.24) is 0 Å². The van der Waals surface area contributed by atoms with Gasteiger partial charge in [-0.3, -0.25) is 4.79 Å². The van der Waals surface area contributed by atoms with E-state index in [0.29, 0.717) is 16.5 Å². The van der Waals surface area contributed by atoms with Gasteiger partial charge in [0.05, 0.1) is 5.69 Å². The predicted octanol–water partition coefficient (Wildman–Crippen LogP) is 5.10. The zero-order chi connectivity index (χ0) is 15.3. The Bertz CT molecular complexity index is 545. The van der Waals surface area contributed by atoms with Gasteiger partial charge in [-0.25, -0.2) is 0 Å². The summed E-state index contributed by atoms with van der Waals surface area (Å²) < 4.78 is 5.79. The standard InChI is InChI=1S/C14H19ClN2O2Si/c1-10(18)14(11(2)19-20(3,4)5)17-16-13-8-6-12(15)7-9-13/h6-9H,1-5H3/b14-11+,17-16?. The van der Waals surface area contributed by atoms with E-state index in [2.05, 4.69) is 10.2 Å². The van der Waals surface area contributed by atoms with E-state index in [1.807, 2.05) is 19.6 Å². The molecule has 0 atom stereocenters. The van der Waals surface area contributed by atoms with Crippen LogP contribution in [0.1, 0.15) is 13.8 Å². The lowest BCUT2D eigenvalue weighted by Gasteiger charge is -2.20. The van der Waals surface area contributed by atoms with Crippen molar-refractivity contribution >= 4 is 31.4 Å². The van der Waals surface area contributed by atoms with Crippen molar-refractivity contribution < 1.29 is 9.22 Å². The summed E-state index contributed by atoms with van der Waals surface area (Å²) in [4.78, 5) is 11.6. The molecule has 0 saturated carbocycles. The summed E-state index contributed by atoms with van der Waals surface area (Å²) in [6, 6.07) is 6.91. The number of benzene rings is 1. The maximum absolute atomic E-state index is 11.6. The van der Waals surface area contributed by atoms with Gasteiger partial charge in [0.25, 0.3) is 0 Å². The van der Waals surface area contributed by atoms with Gasteiger partial charge in [0.1, 0.15) is 5.76 Å². The fourth-order valence-electron chi connectivity index (χ4n) is 1.51. The van der Waals surface area contributed by atoms with Gasteiger partial charge in [-0.1, -0.05) is 11.6 Å². The second-order valence-electron chi connectivity index (χ2n) is 5.35. The molecule has 1 aromatic rings. The molecule has 0 aliphatic heterocycles. The molecule has 0 amide bonds. The molecule has 0 N–H and O–H groups in total. The smallest absolute Gasteiger partial charge is 0.241 e. The Hall–Kier alpha value is -1.46. The molecule has 0 fully saturated rings. The van der Waals surface area contributed by atoms with Crippen LogP contribution in [0.3, 0.4) is 0 Å². The summed E-state index contributed by atoms with van der Waals surface area (Å²) in [7, 11) is -1.77. The van der Waals surface area contributed by atoms with Crippen LogP contribution in [0, 0.1) is 0 Å². The number of Topliss-reactive ketones (excluding diaryl/α,β-unsaturated/α-hetero) is 1. The Morgan fingerprint density at radius 1 is 1.15 bits per heavy atom. The van der Waals surface area contributed by atoms with Crippen molar-refractivity contribution in [2.75, 3.05) is 0 Å². The molecule has 1 rings (SSSR count). The van der Waals surface area contributed by atoms with Crippen LogP contribution in [-0.2, 0) is 9.22 Å². The average molecular weight is 311 g/mol. The highest BCUT2D eigenvalue weighted by molar-refractivity contribution is 6.70. The van der Waals surface area contributed by atoms with E-state index in [1.165, 1.54) is 6.92 Å². The van der Waals surface area contributed by atoms with Crippen molar-refractivity contribution in [3.8, 4) is 0 Å². The zero-order valence-corrected chi connectivity index (χ0v) is 14.2. The largest absolute Gasteiger partial charge is 0.546 e. The second kappa shape index (κ2) is 6.81. The van der Waals surface area contributed by atoms with E-state index in [1.54, 1.807) is 31.2 Å². The first kappa shape index (κ1) is 16.6. The van der Waals surface area contributed by atoms with Crippen LogP contribution >= 0.6 is 11.6 Å². The summed E-state index contributed by atoms with van der Waals surface area (Å²) in [6.07, 6.45) is 0. The van der Waals surface area contributed by atoms with E-state index in [0.717, 1.165) is 0 Å². The van der Waals surface area contributed by atoms with E-state index < -0.39 is 8.32 Å².